The summed E-state index contributed by atoms with van der Waals surface area (Å²) in [6.07, 6.45) is 11.1. The largest absolute Gasteiger partial charge is 0.349 e. The Bertz CT molecular complexity index is 1190. The van der Waals surface area contributed by atoms with Gasteiger partial charge in [0.15, 0.2) is 0 Å². The van der Waals surface area contributed by atoms with Gasteiger partial charge in [0, 0.05) is 48.2 Å². The van der Waals surface area contributed by atoms with Crippen molar-refractivity contribution >= 4 is 16.8 Å². The quantitative estimate of drug-likeness (QED) is 0.597. The van der Waals surface area contributed by atoms with Gasteiger partial charge in [0.05, 0.1) is 23.5 Å². The highest BCUT2D eigenvalue weighted by Crippen LogP contribution is 2.35. The molecule has 6 nitrogen and oxygen atoms in total. The van der Waals surface area contributed by atoms with Crippen LogP contribution in [0.15, 0.2) is 61.3 Å². The number of amides is 1. The van der Waals surface area contributed by atoms with Crippen molar-refractivity contribution in [3.63, 3.8) is 0 Å². The minimum atomic E-state index is -0.0693. The summed E-state index contributed by atoms with van der Waals surface area (Å²) in [5, 5.41) is 8.24. The summed E-state index contributed by atoms with van der Waals surface area (Å²) in [5.74, 6) is -0.0693. The molecule has 3 heterocycles. The van der Waals surface area contributed by atoms with Crippen molar-refractivity contribution in [1.29, 1.82) is 0 Å². The number of nitrogens with zero attached hydrogens (tertiary/aromatic N) is 4. The molecule has 1 saturated carbocycles. The smallest absolute Gasteiger partial charge is 0.253 e. The number of aromatic nitrogens is 4. The highest BCUT2D eigenvalue weighted by Gasteiger charge is 2.24. The SMILES string of the molecule is Cn1cc(-c2ccccc2-c2cncc3ncc(C(=O)NC4CC4)cc23)cn1. The molecule has 0 bridgehead atoms. The highest BCUT2D eigenvalue weighted by molar-refractivity contribution is 6.03. The lowest BCUT2D eigenvalue weighted by molar-refractivity contribution is 0.0951. The number of aryl methyl sites for hydroxylation is 1. The van der Waals surface area contributed by atoms with Gasteiger partial charge in [-0.05, 0) is 30.0 Å². The van der Waals surface area contributed by atoms with E-state index in [9.17, 15) is 4.79 Å². The molecule has 5 rings (SSSR count). The Morgan fingerprint density at radius 3 is 2.64 bits per heavy atom. The summed E-state index contributed by atoms with van der Waals surface area (Å²) in [6.45, 7) is 0. The number of nitrogens with one attached hydrogen (secondary N) is 1. The molecule has 0 unspecified atom stereocenters. The third kappa shape index (κ3) is 3.03. The molecular weight excluding hydrogens is 350 g/mol. The van der Waals surface area contributed by atoms with E-state index in [0.717, 1.165) is 46.0 Å². The normalized spacial score (nSPS) is 13.6. The van der Waals surface area contributed by atoms with Gasteiger partial charge in [0.1, 0.15) is 0 Å². The summed E-state index contributed by atoms with van der Waals surface area (Å²) in [5.41, 5.74) is 5.43. The van der Waals surface area contributed by atoms with E-state index in [-0.39, 0.29) is 5.91 Å². The van der Waals surface area contributed by atoms with Gasteiger partial charge in [-0.25, -0.2) is 0 Å². The second-order valence-corrected chi connectivity index (χ2v) is 7.17. The molecule has 4 aromatic rings. The van der Waals surface area contributed by atoms with E-state index in [1.165, 1.54) is 0 Å². The van der Waals surface area contributed by atoms with E-state index < -0.39 is 0 Å². The first kappa shape index (κ1) is 16.6. The zero-order valence-electron chi connectivity index (χ0n) is 15.5. The van der Waals surface area contributed by atoms with Crippen LogP contribution in [0.3, 0.4) is 0 Å². The van der Waals surface area contributed by atoms with E-state index in [0.29, 0.717) is 11.6 Å². The van der Waals surface area contributed by atoms with E-state index >= 15 is 0 Å². The number of fused-ring (bicyclic) bond motifs is 1. The summed E-state index contributed by atoms with van der Waals surface area (Å²) >= 11 is 0. The Labute approximate surface area is 162 Å². The van der Waals surface area contributed by atoms with Crippen LogP contribution in [0.1, 0.15) is 23.2 Å². The Morgan fingerprint density at radius 2 is 1.89 bits per heavy atom. The fraction of sp³-hybridized carbons (Fsp3) is 0.182. The Balaban J connectivity index is 1.66. The van der Waals surface area contributed by atoms with E-state index in [1.807, 2.05) is 43.8 Å². The minimum Gasteiger partial charge on any atom is -0.349 e. The minimum absolute atomic E-state index is 0.0693. The van der Waals surface area contributed by atoms with Crippen LogP contribution in [0.4, 0.5) is 0 Å². The van der Waals surface area contributed by atoms with Crippen molar-refractivity contribution in [2.24, 2.45) is 7.05 Å². The molecule has 0 atom stereocenters. The molecule has 0 aliphatic heterocycles. The van der Waals surface area contributed by atoms with Gasteiger partial charge in [0.2, 0.25) is 0 Å². The van der Waals surface area contributed by atoms with Gasteiger partial charge in [-0.15, -0.1) is 0 Å². The van der Waals surface area contributed by atoms with Gasteiger partial charge in [0.25, 0.3) is 5.91 Å². The number of hydrogen-bond acceptors (Lipinski definition) is 4. The lowest BCUT2D eigenvalue weighted by atomic mass is 9.94. The standard InChI is InChI=1S/C22H19N5O/c1-27-13-15(10-25-27)17-4-2-3-5-18(17)20-11-23-12-21-19(20)8-14(9-24-21)22(28)26-16-6-7-16/h2-5,8-13,16H,6-7H2,1H3,(H,26,28). The summed E-state index contributed by atoms with van der Waals surface area (Å²) in [4.78, 5) is 21.4. The van der Waals surface area contributed by atoms with Crippen LogP contribution in [0.25, 0.3) is 33.2 Å². The second-order valence-electron chi connectivity index (χ2n) is 7.17. The van der Waals surface area contributed by atoms with Crippen LogP contribution in [-0.4, -0.2) is 31.7 Å². The maximum Gasteiger partial charge on any atom is 0.253 e. The fourth-order valence-electron chi connectivity index (χ4n) is 3.41. The molecule has 1 amide bonds. The number of benzene rings is 1. The van der Waals surface area contributed by atoms with Crippen molar-refractivity contribution in [3.05, 3.63) is 66.9 Å². The van der Waals surface area contributed by atoms with Crippen LogP contribution in [0.2, 0.25) is 0 Å². The molecule has 138 valence electrons. The molecule has 0 saturated heterocycles. The first-order valence-electron chi connectivity index (χ1n) is 9.32. The van der Waals surface area contributed by atoms with Crippen LogP contribution in [-0.2, 0) is 7.05 Å². The molecule has 1 aromatic carbocycles. The molecule has 1 N–H and O–H groups in total. The number of rotatable bonds is 4. The number of carbonyl (C=O) groups excluding carboxylic acids is 1. The monoisotopic (exact) mass is 369 g/mol. The van der Waals surface area contributed by atoms with Gasteiger partial charge in [-0.1, -0.05) is 24.3 Å². The second kappa shape index (κ2) is 6.56. The van der Waals surface area contributed by atoms with Gasteiger partial charge in [-0.3, -0.25) is 19.4 Å². The molecule has 0 radical (unpaired) electrons. The van der Waals surface area contributed by atoms with Gasteiger partial charge >= 0.3 is 0 Å². The first-order valence-corrected chi connectivity index (χ1v) is 9.32. The van der Waals surface area contributed by atoms with E-state index in [2.05, 4.69) is 32.5 Å². The zero-order valence-corrected chi connectivity index (χ0v) is 15.5. The van der Waals surface area contributed by atoms with Crippen molar-refractivity contribution in [2.45, 2.75) is 18.9 Å². The van der Waals surface area contributed by atoms with Crippen molar-refractivity contribution in [2.75, 3.05) is 0 Å². The Morgan fingerprint density at radius 1 is 1.07 bits per heavy atom. The molecule has 3 aromatic heterocycles. The predicted molar refractivity (Wildman–Crippen MR) is 108 cm³/mol. The fourth-order valence-corrected chi connectivity index (χ4v) is 3.41. The molecule has 1 fully saturated rings. The lowest BCUT2D eigenvalue weighted by Crippen LogP contribution is -2.25. The predicted octanol–water partition coefficient (Wildman–Crippen LogP) is 3.59. The molecule has 0 spiro atoms. The molecule has 6 heteroatoms. The summed E-state index contributed by atoms with van der Waals surface area (Å²) < 4.78 is 1.79. The lowest BCUT2D eigenvalue weighted by Gasteiger charge is -2.11. The molecule has 1 aliphatic rings. The Hall–Kier alpha value is -3.54. The van der Waals surface area contributed by atoms with Crippen molar-refractivity contribution in [1.82, 2.24) is 25.1 Å². The molecule has 28 heavy (non-hydrogen) atoms. The maximum absolute atomic E-state index is 12.5. The third-order valence-corrected chi connectivity index (χ3v) is 5.02. The van der Waals surface area contributed by atoms with E-state index in [4.69, 9.17) is 0 Å². The average molecular weight is 369 g/mol. The van der Waals surface area contributed by atoms with E-state index in [1.54, 1.807) is 17.1 Å². The number of pyridine rings is 2. The molecular formula is C22H19N5O. The highest BCUT2D eigenvalue weighted by atomic mass is 16.1. The number of hydrogen-bond donors (Lipinski definition) is 1. The molecule has 1 aliphatic carbocycles. The zero-order chi connectivity index (χ0) is 19.1. The van der Waals surface area contributed by atoms with Crippen LogP contribution in [0, 0.1) is 0 Å². The topological polar surface area (TPSA) is 72.7 Å². The van der Waals surface area contributed by atoms with Gasteiger partial charge < -0.3 is 5.32 Å². The summed E-state index contributed by atoms with van der Waals surface area (Å²) in [7, 11) is 1.90. The van der Waals surface area contributed by atoms with Crippen LogP contribution >= 0.6 is 0 Å². The maximum atomic E-state index is 12.5. The van der Waals surface area contributed by atoms with Crippen LogP contribution < -0.4 is 5.32 Å². The van der Waals surface area contributed by atoms with Crippen LogP contribution in [0.5, 0.6) is 0 Å². The third-order valence-electron chi connectivity index (χ3n) is 5.02. The summed E-state index contributed by atoms with van der Waals surface area (Å²) in [6, 6.07) is 10.4. The average Bonchev–Trinajstić information content (AvgIpc) is 3.44. The van der Waals surface area contributed by atoms with Crippen molar-refractivity contribution in [3.8, 4) is 22.3 Å². The van der Waals surface area contributed by atoms with Gasteiger partial charge in [-0.2, -0.15) is 5.10 Å². The number of carbonyl (C=O) groups is 1. The first-order chi connectivity index (χ1) is 13.7. The van der Waals surface area contributed by atoms with Crippen molar-refractivity contribution < 1.29 is 4.79 Å². The Kier molecular flexibility index (Phi) is 3.90.